The van der Waals surface area contributed by atoms with E-state index in [0.29, 0.717) is 12.1 Å². The van der Waals surface area contributed by atoms with Gasteiger partial charge in [0.2, 0.25) is 0 Å². The number of carbonyl (C=O) groups excluding carboxylic acids is 1. The van der Waals surface area contributed by atoms with Gasteiger partial charge in [-0.05, 0) is 25.0 Å². The second kappa shape index (κ2) is 11.2. The highest BCUT2D eigenvalue weighted by atomic mass is 32.2. The molecule has 0 radical (unpaired) electrons. The summed E-state index contributed by atoms with van der Waals surface area (Å²) in [4.78, 5) is 11.9. The molecule has 0 atom stereocenters. The number of esters is 1. The molecule has 7 nitrogen and oxygen atoms in total. The summed E-state index contributed by atoms with van der Waals surface area (Å²) in [7, 11) is -5.51. The fourth-order valence-corrected chi connectivity index (χ4v) is 2.93. The van der Waals surface area contributed by atoms with Gasteiger partial charge in [-0.25, -0.2) is 4.79 Å². The van der Waals surface area contributed by atoms with Crippen LogP contribution in [-0.2, 0) is 25.3 Å². The Labute approximate surface area is 194 Å². The topological polar surface area (TPSA) is 110 Å². The van der Waals surface area contributed by atoms with Gasteiger partial charge in [-0.3, -0.25) is 4.55 Å². The molecule has 0 aliphatic rings. The summed E-state index contributed by atoms with van der Waals surface area (Å²) in [5.74, 6) is -1.58. The lowest BCUT2D eigenvalue weighted by atomic mass is 9.92. The first-order valence-corrected chi connectivity index (χ1v) is 11.0. The van der Waals surface area contributed by atoms with Crippen molar-refractivity contribution in [2.75, 3.05) is 13.2 Å². The van der Waals surface area contributed by atoms with Gasteiger partial charge in [0, 0.05) is 18.6 Å². The molecule has 0 spiro atoms. The van der Waals surface area contributed by atoms with E-state index in [4.69, 9.17) is 14.0 Å². The fraction of sp³-hybridized carbons (Fsp3) is 0.526. The van der Waals surface area contributed by atoms with Crippen LogP contribution < -0.4 is 4.74 Å². The smallest absolute Gasteiger partial charge is 0.423 e. The molecule has 16 heteroatoms. The molecule has 0 unspecified atom stereocenters. The molecule has 0 saturated heterocycles. The average Bonchev–Trinajstić information content (AvgIpc) is 2.70. The van der Waals surface area contributed by atoms with Crippen molar-refractivity contribution in [1.82, 2.24) is 0 Å². The van der Waals surface area contributed by atoms with Crippen LogP contribution in [0.4, 0.5) is 35.1 Å². The van der Waals surface area contributed by atoms with Crippen LogP contribution in [0.2, 0.25) is 0 Å². The van der Waals surface area contributed by atoms with E-state index in [1.165, 1.54) is 0 Å². The van der Waals surface area contributed by atoms with Gasteiger partial charge in [0.05, 0.1) is 12.2 Å². The third-order valence-corrected chi connectivity index (χ3v) is 5.46. The largest absolute Gasteiger partial charge is 0.430 e. The van der Waals surface area contributed by atoms with Crippen LogP contribution in [0.1, 0.15) is 31.2 Å². The van der Waals surface area contributed by atoms with Gasteiger partial charge >= 0.3 is 33.7 Å². The van der Waals surface area contributed by atoms with E-state index in [-0.39, 0.29) is 43.6 Å². The molecular weight excluding hydrogens is 524 g/mol. The summed E-state index contributed by atoms with van der Waals surface area (Å²) in [6.45, 7) is 2.85. The Bertz CT molecular complexity index is 972. The van der Waals surface area contributed by atoms with Crippen molar-refractivity contribution >= 4 is 16.1 Å². The lowest BCUT2D eigenvalue weighted by molar-refractivity contribution is -0.376. The predicted octanol–water partition coefficient (Wildman–Crippen LogP) is 4.52. The van der Waals surface area contributed by atoms with E-state index in [0.717, 1.165) is 0 Å². The molecule has 2 N–H and O–H groups in total. The summed E-state index contributed by atoms with van der Waals surface area (Å²) < 4.78 is 142. The van der Waals surface area contributed by atoms with Gasteiger partial charge in [-0.2, -0.15) is 43.5 Å². The minimum Gasteiger partial charge on any atom is -0.423 e. The van der Waals surface area contributed by atoms with Crippen molar-refractivity contribution in [2.24, 2.45) is 0 Å². The van der Waals surface area contributed by atoms with Crippen LogP contribution in [0.25, 0.3) is 0 Å². The summed E-state index contributed by atoms with van der Waals surface area (Å²) >= 11 is 0. The number of ether oxygens (including phenoxy) is 2. The third kappa shape index (κ3) is 7.85. The molecule has 0 heterocycles. The summed E-state index contributed by atoms with van der Waals surface area (Å²) in [6, 6.07) is 1.78. The average molecular weight is 544 g/mol. The Morgan fingerprint density at radius 1 is 0.914 bits per heavy atom. The van der Waals surface area contributed by atoms with E-state index in [1.807, 2.05) is 0 Å². The quantitative estimate of drug-likeness (QED) is 0.0995. The van der Waals surface area contributed by atoms with Crippen molar-refractivity contribution in [3.05, 3.63) is 42.0 Å². The number of unbranched alkanes of at least 4 members (excludes halogenated alkanes) is 2. The number of hydrogen-bond acceptors (Lipinski definition) is 6. The first-order valence-electron chi connectivity index (χ1n) is 9.53. The highest BCUT2D eigenvalue weighted by Gasteiger charge is 2.71. The van der Waals surface area contributed by atoms with Crippen LogP contribution in [0, 0.1) is 0 Å². The maximum absolute atomic E-state index is 13.0. The number of aliphatic hydroxyl groups is 1. The third-order valence-electron chi connectivity index (χ3n) is 4.50. The molecule has 200 valence electrons. The van der Waals surface area contributed by atoms with Crippen molar-refractivity contribution in [2.45, 2.75) is 48.9 Å². The summed E-state index contributed by atoms with van der Waals surface area (Å²) in [5.41, 5.74) is -6.98. The number of alkyl halides is 8. The Balaban J connectivity index is 2.54. The number of rotatable bonds is 12. The van der Waals surface area contributed by atoms with Crippen molar-refractivity contribution in [3.8, 4) is 5.75 Å². The predicted molar refractivity (Wildman–Crippen MR) is 103 cm³/mol. The van der Waals surface area contributed by atoms with E-state index in [1.54, 1.807) is 0 Å². The van der Waals surface area contributed by atoms with E-state index in [9.17, 15) is 53.4 Å². The van der Waals surface area contributed by atoms with Crippen LogP contribution in [0.15, 0.2) is 36.4 Å². The number of benzene rings is 1. The SMILES string of the molecule is C=C(COCCCCCC(F)(F)S(=O)(=O)O)C(=O)Oc1ccc(C(O)(C(F)(F)F)C(F)(F)F)cc1. The Hall–Kier alpha value is -2.30. The first-order chi connectivity index (χ1) is 15.7. The number of carbonyl (C=O) groups is 1. The Kier molecular flexibility index (Phi) is 9.81. The lowest BCUT2D eigenvalue weighted by Gasteiger charge is -2.32. The van der Waals surface area contributed by atoms with Gasteiger partial charge in [0.25, 0.3) is 5.60 Å². The molecule has 1 aromatic rings. The number of hydrogen-bond donors (Lipinski definition) is 2. The maximum atomic E-state index is 13.0. The molecule has 1 aromatic carbocycles. The Morgan fingerprint density at radius 3 is 1.89 bits per heavy atom. The highest BCUT2D eigenvalue weighted by molar-refractivity contribution is 7.86. The van der Waals surface area contributed by atoms with Gasteiger partial charge in [0.15, 0.2) is 0 Å². The van der Waals surface area contributed by atoms with Crippen molar-refractivity contribution in [1.29, 1.82) is 0 Å². The van der Waals surface area contributed by atoms with Crippen LogP contribution in [0.3, 0.4) is 0 Å². The molecule has 0 aliphatic heterocycles. The monoisotopic (exact) mass is 544 g/mol. The molecule has 0 saturated carbocycles. The second-order valence-corrected chi connectivity index (χ2v) is 8.75. The molecule has 0 fully saturated rings. The van der Waals surface area contributed by atoms with E-state index in [2.05, 4.69) is 6.58 Å². The zero-order valence-corrected chi connectivity index (χ0v) is 18.4. The molecule has 0 aromatic heterocycles. The lowest BCUT2D eigenvalue weighted by Crippen LogP contribution is -2.53. The molecule has 0 bridgehead atoms. The van der Waals surface area contributed by atoms with Crippen molar-refractivity contribution < 1.29 is 67.5 Å². The normalized spacial score (nSPS) is 13.5. The Morgan fingerprint density at radius 2 is 1.43 bits per heavy atom. The zero-order valence-electron chi connectivity index (χ0n) is 17.6. The van der Waals surface area contributed by atoms with Gasteiger partial charge in [0.1, 0.15) is 5.75 Å². The number of halogens is 8. The molecular formula is C19H20F8O7S. The van der Waals surface area contributed by atoms with E-state index >= 15 is 0 Å². The second-order valence-electron chi connectivity index (χ2n) is 7.20. The van der Waals surface area contributed by atoms with Gasteiger partial charge < -0.3 is 14.6 Å². The standard InChI is InChI=1S/C19H20F8O7S/c1-12(11-33-10-4-2-3-9-16(20,21)35(30,31)32)15(28)34-14-7-5-13(6-8-14)17(29,18(22,23)24)19(25,26)27/h5-8,29H,1-4,9-11H2,(H,30,31,32). The van der Waals surface area contributed by atoms with Crippen LogP contribution in [0.5, 0.6) is 5.75 Å². The molecule has 0 aliphatic carbocycles. The van der Waals surface area contributed by atoms with Crippen molar-refractivity contribution in [3.63, 3.8) is 0 Å². The fourth-order valence-electron chi connectivity index (χ4n) is 2.53. The molecule has 0 amide bonds. The first kappa shape index (κ1) is 30.7. The molecule has 1 rings (SSSR count). The van der Waals surface area contributed by atoms with Gasteiger partial charge in [-0.15, -0.1) is 0 Å². The summed E-state index contributed by atoms with van der Waals surface area (Å²) in [6.07, 6.45) is -13.2. The van der Waals surface area contributed by atoms with Gasteiger partial charge in [-0.1, -0.05) is 25.1 Å². The highest BCUT2D eigenvalue weighted by Crippen LogP contribution is 2.50. The zero-order chi connectivity index (χ0) is 27.3. The summed E-state index contributed by atoms with van der Waals surface area (Å²) in [5, 5.41) is 5.03. The van der Waals surface area contributed by atoms with Crippen LogP contribution >= 0.6 is 0 Å². The van der Waals surface area contributed by atoms with Crippen LogP contribution in [-0.4, -0.2) is 54.9 Å². The molecule has 35 heavy (non-hydrogen) atoms. The minimum absolute atomic E-state index is 0.0636. The maximum Gasteiger partial charge on any atom is 0.430 e. The minimum atomic E-state index is -6.08. The van der Waals surface area contributed by atoms with E-state index < -0.39 is 63.6 Å².